The zero-order chi connectivity index (χ0) is 10.7. The second kappa shape index (κ2) is 3.93. The van der Waals surface area contributed by atoms with Crippen molar-refractivity contribution in [2.75, 3.05) is 0 Å². The molecule has 0 fully saturated rings. The first kappa shape index (κ1) is 10.3. The largest absolute Gasteiger partial charge is 0.503 e. The Morgan fingerprint density at radius 1 is 1.64 bits per heavy atom. The van der Waals surface area contributed by atoms with Crippen LogP contribution in [-0.2, 0) is 11.3 Å². The van der Waals surface area contributed by atoms with Crippen molar-refractivity contribution in [1.29, 1.82) is 0 Å². The van der Waals surface area contributed by atoms with Gasteiger partial charge in [0, 0.05) is 12.3 Å². The average Bonchev–Trinajstić information content (AvgIpc) is 2.11. The molecule has 0 aromatic carbocycles. The third kappa shape index (κ3) is 2.33. The molecular formula is C8H11N2O4+. The molecule has 76 valence electrons. The molecule has 0 saturated carbocycles. The van der Waals surface area contributed by atoms with Crippen molar-refractivity contribution in [3.8, 4) is 5.75 Å². The van der Waals surface area contributed by atoms with Crippen LogP contribution in [0, 0.1) is 0 Å². The molecule has 6 nitrogen and oxygen atoms in total. The van der Waals surface area contributed by atoms with E-state index in [9.17, 15) is 9.59 Å². The number of nitrogens with zero attached hydrogens (tertiary/aromatic N) is 1. The average molecular weight is 199 g/mol. The van der Waals surface area contributed by atoms with E-state index in [1.807, 2.05) is 0 Å². The minimum absolute atomic E-state index is 0.114. The van der Waals surface area contributed by atoms with E-state index in [-0.39, 0.29) is 6.54 Å². The van der Waals surface area contributed by atoms with Gasteiger partial charge in [-0.15, -0.1) is 0 Å². The molecule has 0 unspecified atom stereocenters. The molecule has 0 amide bonds. The van der Waals surface area contributed by atoms with E-state index in [4.69, 9.17) is 10.2 Å². The van der Waals surface area contributed by atoms with E-state index < -0.39 is 23.2 Å². The Labute approximate surface area is 79.2 Å². The van der Waals surface area contributed by atoms with Crippen molar-refractivity contribution >= 4 is 5.97 Å². The summed E-state index contributed by atoms with van der Waals surface area (Å²) in [7, 11) is 0. The fraction of sp³-hybridized carbons (Fsp3) is 0.250. The van der Waals surface area contributed by atoms with Crippen molar-refractivity contribution in [2.45, 2.75) is 12.6 Å². The van der Waals surface area contributed by atoms with Gasteiger partial charge in [0.2, 0.25) is 11.5 Å². The Morgan fingerprint density at radius 2 is 2.29 bits per heavy atom. The molecule has 1 aromatic rings. The predicted octanol–water partition coefficient (Wildman–Crippen LogP) is -1.75. The predicted molar refractivity (Wildman–Crippen MR) is 46.7 cm³/mol. The summed E-state index contributed by atoms with van der Waals surface area (Å²) in [5.41, 5.74) is 2.92. The molecule has 0 saturated heterocycles. The van der Waals surface area contributed by atoms with E-state index in [1.165, 1.54) is 23.0 Å². The minimum Gasteiger partial charge on any atom is -0.503 e. The van der Waals surface area contributed by atoms with Crippen LogP contribution in [0.2, 0.25) is 0 Å². The molecule has 0 spiro atoms. The van der Waals surface area contributed by atoms with E-state index >= 15 is 0 Å². The molecule has 0 radical (unpaired) electrons. The number of carboxylic acid groups (broad SMARTS) is 1. The molecule has 0 aliphatic heterocycles. The number of hydrogen-bond acceptors (Lipinski definition) is 3. The summed E-state index contributed by atoms with van der Waals surface area (Å²) in [5, 5.41) is 17.6. The highest BCUT2D eigenvalue weighted by Gasteiger charge is 2.15. The molecule has 1 rings (SSSR count). The number of carbonyl (C=O) groups is 1. The number of aliphatic carboxylic acids is 1. The van der Waals surface area contributed by atoms with Gasteiger partial charge in [-0.3, -0.25) is 4.79 Å². The fourth-order valence-electron chi connectivity index (χ4n) is 0.959. The van der Waals surface area contributed by atoms with Crippen LogP contribution in [0.4, 0.5) is 0 Å². The van der Waals surface area contributed by atoms with Crippen LogP contribution in [0.15, 0.2) is 23.3 Å². The Hall–Kier alpha value is -1.82. The summed E-state index contributed by atoms with van der Waals surface area (Å²) < 4.78 is 1.41. The number of aromatic nitrogens is 1. The second-order valence-corrected chi connectivity index (χ2v) is 2.93. The van der Waals surface area contributed by atoms with E-state index in [1.54, 1.807) is 0 Å². The standard InChI is InChI=1S/C8H10N2O4/c9-5(8(13)14)3-10-2-1-6(11)7(12)4-10/h1-2,4-5,12H,3,9H2,(H,13,14)/p+1/t5-/m0/s1. The quantitative estimate of drug-likeness (QED) is 0.536. The van der Waals surface area contributed by atoms with Crippen molar-refractivity contribution in [3.63, 3.8) is 0 Å². The van der Waals surface area contributed by atoms with Crippen LogP contribution in [0.3, 0.4) is 0 Å². The molecule has 14 heavy (non-hydrogen) atoms. The van der Waals surface area contributed by atoms with Gasteiger partial charge in [0.05, 0.1) is 12.7 Å². The van der Waals surface area contributed by atoms with Crippen molar-refractivity contribution in [1.82, 2.24) is 4.57 Å². The van der Waals surface area contributed by atoms with Gasteiger partial charge < -0.3 is 20.5 Å². The summed E-state index contributed by atoms with van der Waals surface area (Å²) >= 11 is 0. The van der Waals surface area contributed by atoms with Gasteiger partial charge in [-0.1, -0.05) is 0 Å². The first-order valence-corrected chi connectivity index (χ1v) is 3.95. The second-order valence-electron chi connectivity index (χ2n) is 2.93. The van der Waals surface area contributed by atoms with Crippen LogP contribution < -0.4 is 11.2 Å². The molecule has 5 N–H and O–H groups in total. The maximum atomic E-state index is 10.8. The smallest absolute Gasteiger partial charge is 0.364 e. The molecular weight excluding hydrogens is 188 g/mol. The topological polar surface area (TPSA) is 107 Å². The van der Waals surface area contributed by atoms with Crippen LogP contribution in [0.1, 0.15) is 0 Å². The van der Waals surface area contributed by atoms with Gasteiger partial charge in [-0.05, 0) is 0 Å². The van der Waals surface area contributed by atoms with Crippen molar-refractivity contribution in [2.24, 2.45) is 0 Å². The van der Waals surface area contributed by atoms with E-state index in [0.717, 1.165) is 0 Å². The van der Waals surface area contributed by atoms with Gasteiger partial charge in [-0.25, -0.2) is 4.79 Å². The number of carboxylic acids is 1. The number of aromatic hydroxyl groups is 1. The first-order valence-electron chi connectivity index (χ1n) is 3.95. The van der Waals surface area contributed by atoms with Crippen molar-refractivity contribution in [3.05, 3.63) is 28.7 Å². The van der Waals surface area contributed by atoms with Crippen LogP contribution in [-0.4, -0.2) is 26.8 Å². The van der Waals surface area contributed by atoms with Crippen LogP contribution >= 0.6 is 0 Å². The lowest BCUT2D eigenvalue weighted by atomic mass is 10.3. The first-order chi connectivity index (χ1) is 6.50. The maximum absolute atomic E-state index is 10.8. The molecule has 1 atom stereocenters. The summed E-state index contributed by atoms with van der Waals surface area (Å²) in [4.78, 5) is 21.3. The van der Waals surface area contributed by atoms with E-state index in [2.05, 4.69) is 5.73 Å². The van der Waals surface area contributed by atoms with Gasteiger partial charge in [0.1, 0.15) is 0 Å². The number of hydrogen-bond donors (Lipinski definition) is 3. The lowest BCUT2D eigenvalue weighted by molar-refractivity contribution is -0.410. The number of rotatable bonds is 3. The van der Waals surface area contributed by atoms with Crippen molar-refractivity contribution < 1.29 is 20.7 Å². The summed E-state index contributed by atoms with van der Waals surface area (Å²) in [6.45, 7) is 0.114. The Bertz CT molecular complexity index is 399. The molecule has 6 heteroatoms. The monoisotopic (exact) mass is 199 g/mol. The molecule has 0 aliphatic carbocycles. The Kier molecular flexibility index (Phi) is 2.88. The highest BCUT2D eigenvalue weighted by molar-refractivity contribution is 5.71. The number of quaternary nitrogens is 1. The molecule has 1 heterocycles. The summed E-state index contributed by atoms with van der Waals surface area (Å²) in [5.74, 6) is -1.42. The zero-order valence-corrected chi connectivity index (χ0v) is 7.38. The Morgan fingerprint density at radius 3 is 2.79 bits per heavy atom. The third-order valence-electron chi connectivity index (χ3n) is 1.74. The summed E-state index contributed by atoms with van der Waals surface area (Å²) in [6.07, 6.45) is 2.59. The van der Waals surface area contributed by atoms with Gasteiger partial charge in [0.25, 0.3) is 0 Å². The van der Waals surface area contributed by atoms with Gasteiger partial charge in [0.15, 0.2) is 5.75 Å². The van der Waals surface area contributed by atoms with Gasteiger partial charge in [-0.2, -0.15) is 0 Å². The van der Waals surface area contributed by atoms with E-state index in [0.29, 0.717) is 0 Å². The van der Waals surface area contributed by atoms with Crippen LogP contribution in [0.25, 0.3) is 0 Å². The normalized spacial score (nSPS) is 12.4. The summed E-state index contributed by atoms with van der Waals surface area (Å²) in [6, 6.07) is 0.362. The fourth-order valence-corrected chi connectivity index (χ4v) is 0.959. The third-order valence-corrected chi connectivity index (χ3v) is 1.74. The lowest BCUT2D eigenvalue weighted by Crippen LogP contribution is -2.66. The number of pyridine rings is 1. The Balaban J connectivity index is 2.83. The lowest BCUT2D eigenvalue weighted by Gasteiger charge is -2.07. The maximum Gasteiger partial charge on any atom is 0.364 e. The van der Waals surface area contributed by atoms with Crippen LogP contribution in [0.5, 0.6) is 5.75 Å². The highest BCUT2D eigenvalue weighted by atomic mass is 16.4. The molecule has 0 bridgehead atoms. The SMILES string of the molecule is [NH3+][C@@H](Cn1ccc(=O)c(O)c1)C(=O)O. The minimum atomic E-state index is -1.02. The molecule has 0 aliphatic rings. The molecule has 1 aromatic heterocycles. The van der Waals surface area contributed by atoms with Gasteiger partial charge >= 0.3 is 5.97 Å². The zero-order valence-electron chi connectivity index (χ0n) is 7.38. The highest BCUT2D eigenvalue weighted by Crippen LogP contribution is 1.99.